The van der Waals surface area contributed by atoms with E-state index in [-0.39, 0.29) is 25.4 Å². The van der Waals surface area contributed by atoms with E-state index < -0.39 is 23.6 Å². The highest BCUT2D eigenvalue weighted by Crippen LogP contribution is 2.44. The minimum atomic E-state index is -1.21. The predicted molar refractivity (Wildman–Crippen MR) is 180 cm³/mol. The lowest BCUT2D eigenvalue weighted by Crippen LogP contribution is -2.42. The molecule has 9 nitrogen and oxygen atoms in total. The first kappa shape index (κ1) is 30.6. The molecule has 0 aliphatic heterocycles. The highest BCUT2D eigenvalue weighted by atomic mass is 16.5. The number of nitrogens with zero attached hydrogens (tertiary/aromatic N) is 4. The Labute approximate surface area is 277 Å². The standard InChI is InChI=1S/C39H33N5O4/c45-37(46)35(40-38(47)48-26-34-32-22-12-10-20-30(32)31-21-11-13-23-33(31)34)24-25-36-41-43-44(42-36)39(27-14-4-1-5-15-27,28-16-6-2-7-17-28)29-18-8-3-9-19-29/h1-23,34-35H,24-26H2,(H,40,47)(H,45,46)/t35-/m1/s1. The number of carboxylic acids is 1. The number of alkyl carbamates (subject to hydrolysis) is 1. The van der Waals surface area contributed by atoms with Crippen LogP contribution in [0.1, 0.15) is 46.0 Å². The molecule has 6 aromatic rings. The summed E-state index contributed by atoms with van der Waals surface area (Å²) >= 11 is 0. The molecular weight excluding hydrogens is 602 g/mol. The van der Waals surface area contributed by atoms with E-state index in [0.29, 0.717) is 5.82 Å². The summed E-state index contributed by atoms with van der Waals surface area (Å²) in [4.78, 5) is 26.7. The van der Waals surface area contributed by atoms with Crippen LogP contribution in [0.25, 0.3) is 11.1 Å². The van der Waals surface area contributed by atoms with Crippen LogP contribution in [0.15, 0.2) is 140 Å². The average Bonchev–Trinajstić information content (AvgIpc) is 3.74. The van der Waals surface area contributed by atoms with Crippen LogP contribution >= 0.6 is 0 Å². The maximum Gasteiger partial charge on any atom is 0.407 e. The molecule has 0 saturated heterocycles. The summed E-state index contributed by atoms with van der Waals surface area (Å²) in [6.45, 7) is 0.0859. The van der Waals surface area contributed by atoms with Crippen LogP contribution in [-0.2, 0) is 21.5 Å². The maximum atomic E-state index is 12.9. The van der Waals surface area contributed by atoms with Crippen LogP contribution < -0.4 is 5.32 Å². The molecule has 1 aliphatic rings. The Morgan fingerprint density at radius 3 is 1.71 bits per heavy atom. The molecule has 1 heterocycles. The fourth-order valence-electron chi connectivity index (χ4n) is 6.68. The Bertz CT molecular complexity index is 1890. The number of aryl methyl sites for hydroxylation is 1. The number of hydrogen-bond acceptors (Lipinski definition) is 6. The van der Waals surface area contributed by atoms with Crippen molar-refractivity contribution in [1.29, 1.82) is 0 Å². The Balaban J connectivity index is 1.09. The Kier molecular flexibility index (Phi) is 8.49. The van der Waals surface area contributed by atoms with Gasteiger partial charge in [-0.15, -0.1) is 15.0 Å². The summed E-state index contributed by atoms with van der Waals surface area (Å²) in [6.07, 6.45) is -0.591. The number of carbonyl (C=O) groups excluding carboxylic acids is 1. The lowest BCUT2D eigenvalue weighted by atomic mass is 9.77. The fourth-order valence-corrected chi connectivity index (χ4v) is 6.68. The second-order valence-corrected chi connectivity index (χ2v) is 11.7. The topological polar surface area (TPSA) is 119 Å². The van der Waals surface area contributed by atoms with E-state index in [0.717, 1.165) is 38.9 Å². The predicted octanol–water partition coefficient (Wildman–Crippen LogP) is 6.44. The molecule has 0 bridgehead atoms. The van der Waals surface area contributed by atoms with Gasteiger partial charge in [-0.25, -0.2) is 9.59 Å². The highest BCUT2D eigenvalue weighted by molar-refractivity contribution is 5.81. The van der Waals surface area contributed by atoms with E-state index in [4.69, 9.17) is 9.84 Å². The third kappa shape index (κ3) is 5.71. The van der Waals surface area contributed by atoms with E-state index in [1.807, 2.05) is 127 Å². The number of aromatic nitrogens is 4. The van der Waals surface area contributed by atoms with Crippen LogP contribution in [0.5, 0.6) is 0 Å². The van der Waals surface area contributed by atoms with Gasteiger partial charge in [-0.2, -0.15) is 0 Å². The van der Waals surface area contributed by atoms with Gasteiger partial charge in [0.1, 0.15) is 12.6 Å². The number of rotatable bonds is 11. The molecule has 7 rings (SSSR count). The minimum absolute atomic E-state index is 0.0419. The lowest BCUT2D eigenvalue weighted by molar-refractivity contribution is -0.139. The summed E-state index contributed by atoms with van der Waals surface area (Å²) in [7, 11) is 0. The zero-order valence-corrected chi connectivity index (χ0v) is 26.0. The molecule has 9 heteroatoms. The van der Waals surface area contributed by atoms with Gasteiger partial charge in [0.25, 0.3) is 0 Å². The molecule has 1 atom stereocenters. The zero-order chi connectivity index (χ0) is 32.9. The van der Waals surface area contributed by atoms with E-state index in [2.05, 4.69) is 27.8 Å². The summed E-state index contributed by atoms with van der Waals surface area (Å²) in [5.41, 5.74) is 6.25. The van der Waals surface area contributed by atoms with Crippen LogP contribution in [0.2, 0.25) is 0 Å². The van der Waals surface area contributed by atoms with Gasteiger partial charge < -0.3 is 15.2 Å². The molecule has 48 heavy (non-hydrogen) atoms. The number of nitrogens with one attached hydrogen (secondary N) is 1. The summed E-state index contributed by atoms with van der Waals surface area (Å²) < 4.78 is 5.61. The molecule has 238 valence electrons. The zero-order valence-electron chi connectivity index (χ0n) is 26.0. The number of benzene rings is 5. The molecule has 0 spiro atoms. The second-order valence-electron chi connectivity index (χ2n) is 11.7. The molecule has 1 aliphatic carbocycles. The lowest BCUT2D eigenvalue weighted by Gasteiger charge is -2.34. The van der Waals surface area contributed by atoms with Crippen molar-refractivity contribution in [2.75, 3.05) is 6.61 Å². The number of amides is 1. The molecule has 1 aromatic heterocycles. The summed E-state index contributed by atoms with van der Waals surface area (Å²) in [5, 5.41) is 26.2. The largest absolute Gasteiger partial charge is 0.480 e. The van der Waals surface area contributed by atoms with Gasteiger partial charge in [-0.3, -0.25) is 0 Å². The van der Waals surface area contributed by atoms with E-state index in [1.165, 1.54) is 0 Å². The molecule has 0 saturated carbocycles. The van der Waals surface area contributed by atoms with Crippen molar-refractivity contribution in [2.24, 2.45) is 0 Å². The number of tetrazole rings is 1. The third-order valence-electron chi connectivity index (χ3n) is 8.92. The molecule has 0 fully saturated rings. The quantitative estimate of drug-likeness (QED) is 0.157. The Morgan fingerprint density at radius 1 is 0.729 bits per heavy atom. The van der Waals surface area contributed by atoms with Crippen LogP contribution in [0.4, 0.5) is 4.79 Å². The van der Waals surface area contributed by atoms with Crippen LogP contribution in [0, 0.1) is 0 Å². The Hall–Kier alpha value is -6.09. The fraction of sp³-hybridized carbons (Fsp3) is 0.154. The molecule has 1 amide bonds. The van der Waals surface area contributed by atoms with Gasteiger partial charge >= 0.3 is 12.1 Å². The third-order valence-corrected chi connectivity index (χ3v) is 8.92. The van der Waals surface area contributed by atoms with Gasteiger partial charge in [-0.1, -0.05) is 140 Å². The normalized spacial score (nSPS) is 12.9. The SMILES string of the molecule is O=C(N[C@H](CCc1nnn(C(c2ccccc2)(c2ccccc2)c2ccccc2)n1)C(=O)O)OCC1c2ccccc2-c2ccccc21. The van der Waals surface area contributed by atoms with Crippen molar-refractivity contribution in [2.45, 2.75) is 30.3 Å². The number of carboxylic acid groups (broad SMARTS) is 1. The first-order valence-electron chi connectivity index (χ1n) is 15.9. The number of aliphatic carboxylic acids is 1. The average molecular weight is 636 g/mol. The molecule has 0 unspecified atom stereocenters. The molecule has 2 N–H and O–H groups in total. The van der Waals surface area contributed by atoms with Crippen molar-refractivity contribution in [3.8, 4) is 11.1 Å². The van der Waals surface area contributed by atoms with Crippen molar-refractivity contribution in [1.82, 2.24) is 25.5 Å². The first-order chi connectivity index (χ1) is 23.6. The van der Waals surface area contributed by atoms with Crippen LogP contribution in [0.3, 0.4) is 0 Å². The van der Waals surface area contributed by atoms with Gasteiger partial charge in [0, 0.05) is 12.3 Å². The van der Waals surface area contributed by atoms with Gasteiger partial charge in [0.05, 0.1) is 0 Å². The summed E-state index contributed by atoms with van der Waals surface area (Å²) in [5.74, 6) is -0.962. The Morgan fingerprint density at radius 2 is 1.21 bits per heavy atom. The second kappa shape index (κ2) is 13.3. The van der Waals surface area contributed by atoms with Crippen LogP contribution in [-0.4, -0.2) is 50.0 Å². The van der Waals surface area contributed by atoms with E-state index >= 15 is 0 Å². The first-order valence-corrected chi connectivity index (χ1v) is 15.9. The highest BCUT2D eigenvalue weighted by Gasteiger charge is 2.41. The molecular formula is C39H33N5O4. The smallest absolute Gasteiger partial charge is 0.407 e. The van der Waals surface area contributed by atoms with Crippen molar-refractivity contribution >= 4 is 12.1 Å². The van der Waals surface area contributed by atoms with Gasteiger partial charge in [0.2, 0.25) is 0 Å². The minimum Gasteiger partial charge on any atom is -0.480 e. The summed E-state index contributed by atoms with van der Waals surface area (Å²) in [6, 6.07) is 44.8. The maximum absolute atomic E-state index is 12.9. The van der Waals surface area contributed by atoms with Crippen molar-refractivity contribution in [3.05, 3.63) is 173 Å². The van der Waals surface area contributed by atoms with Gasteiger partial charge in [0.15, 0.2) is 11.4 Å². The number of hydrogen-bond donors (Lipinski definition) is 2. The monoisotopic (exact) mass is 635 g/mol. The number of fused-ring (bicyclic) bond motifs is 3. The number of ether oxygens (including phenoxy) is 1. The van der Waals surface area contributed by atoms with Crippen molar-refractivity contribution < 1.29 is 19.4 Å². The van der Waals surface area contributed by atoms with Gasteiger partial charge in [-0.05, 0) is 50.6 Å². The molecule has 5 aromatic carbocycles. The van der Waals surface area contributed by atoms with Crippen molar-refractivity contribution in [3.63, 3.8) is 0 Å². The molecule has 0 radical (unpaired) electrons. The van der Waals surface area contributed by atoms with E-state index in [1.54, 1.807) is 4.80 Å². The number of carbonyl (C=O) groups is 2. The van der Waals surface area contributed by atoms with E-state index in [9.17, 15) is 14.7 Å².